The third-order valence-corrected chi connectivity index (χ3v) is 4.32. The lowest BCUT2D eigenvalue weighted by Crippen LogP contribution is -2.22. The van der Waals surface area contributed by atoms with Gasteiger partial charge in [-0.1, -0.05) is 43.6 Å². The zero-order chi connectivity index (χ0) is 19.1. The lowest BCUT2D eigenvalue weighted by molar-refractivity contribution is -0.123. The van der Waals surface area contributed by atoms with Crippen molar-refractivity contribution in [2.24, 2.45) is 0 Å². The molecule has 0 aliphatic rings. The highest BCUT2D eigenvalue weighted by Crippen LogP contribution is 2.27. The van der Waals surface area contributed by atoms with Gasteiger partial charge in [0.2, 0.25) is 11.8 Å². The van der Waals surface area contributed by atoms with Crippen LogP contribution in [-0.4, -0.2) is 18.9 Å². The van der Waals surface area contributed by atoms with Crippen LogP contribution in [0, 0.1) is 0 Å². The predicted molar refractivity (Wildman–Crippen MR) is 105 cm³/mol. The monoisotopic (exact) mass is 374 g/mol. The Hall–Kier alpha value is -2.53. The Bertz CT molecular complexity index is 783. The summed E-state index contributed by atoms with van der Waals surface area (Å²) in [6, 6.07) is 10.8. The van der Waals surface area contributed by atoms with Crippen LogP contribution >= 0.6 is 11.6 Å². The zero-order valence-electron chi connectivity index (χ0n) is 15.2. The van der Waals surface area contributed by atoms with Gasteiger partial charge in [0.25, 0.3) is 0 Å². The van der Waals surface area contributed by atoms with Crippen LogP contribution in [0.2, 0.25) is 5.02 Å². The molecular weight excluding hydrogens is 352 g/mol. The second-order valence-electron chi connectivity index (χ2n) is 5.78. The molecule has 5 nitrogen and oxygen atoms in total. The van der Waals surface area contributed by atoms with Gasteiger partial charge in [0.15, 0.2) is 0 Å². The molecule has 0 bridgehead atoms. The number of rotatable bonds is 7. The maximum Gasteiger partial charge on any atom is 0.233 e. The first-order valence-electron chi connectivity index (χ1n) is 8.52. The van der Waals surface area contributed by atoms with Crippen molar-refractivity contribution in [1.82, 2.24) is 0 Å². The minimum absolute atomic E-state index is 0.273. The number of ether oxygens (including phenoxy) is 1. The Balaban J connectivity index is 2.02. The highest BCUT2D eigenvalue weighted by molar-refractivity contribution is 6.32. The molecular formula is C20H23ClN2O3. The molecule has 0 aromatic heterocycles. The molecule has 0 saturated heterocycles. The third-order valence-electron chi connectivity index (χ3n) is 4.02. The van der Waals surface area contributed by atoms with Gasteiger partial charge in [-0.05, 0) is 42.2 Å². The molecule has 0 fully saturated rings. The fraction of sp³-hybridized carbons (Fsp3) is 0.300. The smallest absolute Gasteiger partial charge is 0.233 e. The van der Waals surface area contributed by atoms with Gasteiger partial charge in [-0.2, -0.15) is 0 Å². The van der Waals surface area contributed by atoms with Crippen LogP contribution < -0.4 is 15.4 Å². The highest BCUT2D eigenvalue weighted by Gasteiger charge is 2.14. The molecule has 0 aliphatic carbocycles. The Morgan fingerprint density at radius 2 is 1.62 bits per heavy atom. The third kappa shape index (κ3) is 4.99. The van der Waals surface area contributed by atoms with Crippen LogP contribution in [0.5, 0.6) is 5.75 Å². The summed E-state index contributed by atoms with van der Waals surface area (Å²) in [6.45, 7) is 4.06. The van der Waals surface area contributed by atoms with E-state index in [-0.39, 0.29) is 12.3 Å². The van der Waals surface area contributed by atoms with E-state index in [2.05, 4.69) is 10.6 Å². The number of aryl methyl sites for hydroxylation is 2. The van der Waals surface area contributed by atoms with Crippen LogP contribution in [0.25, 0.3) is 0 Å². The molecule has 0 atom stereocenters. The van der Waals surface area contributed by atoms with Gasteiger partial charge >= 0.3 is 0 Å². The zero-order valence-corrected chi connectivity index (χ0v) is 15.9. The maximum atomic E-state index is 12.3. The molecule has 0 radical (unpaired) electrons. The van der Waals surface area contributed by atoms with Gasteiger partial charge in [0.1, 0.15) is 12.2 Å². The molecule has 2 rings (SSSR count). The Morgan fingerprint density at radius 1 is 1.00 bits per heavy atom. The van der Waals surface area contributed by atoms with Crippen LogP contribution in [0.1, 0.15) is 31.4 Å². The summed E-state index contributed by atoms with van der Waals surface area (Å²) in [5, 5.41) is 5.94. The summed E-state index contributed by atoms with van der Waals surface area (Å²) in [4.78, 5) is 24.4. The van der Waals surface area contributed by atoms with E-state index in [1.807, 2.05) is 32.0 Å². The number of carbonyl (C=O) groups is 2. The average molecular weight is 375 g/mol. The molecule has 0 aliphatic heterocycles. The SMILES string of the molecule is CCc1cccc(CC)c1NC(=O)CC(=O)Nc1ccc(OC)c(Cl)c1. The standard InChI is InChI=1S/C20H23ClN2O3/c1-4-13-7-6-8-14(5-2)20(13)23-19(25)12-18(24)22-15-9-10-17(26-3)16(21)11-15/h6-11H,4-5,12H2,1-3H3,(H,22,24)(H,23,25). The summed E-state index contributed by atoms with van der Waals surface area (Å²) in [5.74, 6) is -0.237. The molecule has 2 amide bonds. The molecule has 2 aromatic rings. The quantitative estimate of drug-likeness (QED) is 0.704. The molecule has 2 aromatic carbocycles. The van der Waals surface area contributed by atoms with Crippen molar-refractivity contribution in [2.75, 3.05) is 17.7 Å². The van der Waals surface area contributed by atoms with Crippen molar-refractivity contribution in [1.29, 1.82) is 0 Å². The first-order valence-corrected chi connectivity index (χ1v) is 8.90. The van der Waals surface area contributed by atoms with Gasteiger partial charge in [0, 0.05) is 11.4 Å². The summed E-state index contributed by atoms with van der Waals surface area (Å²) in [5.41, 5.74) is 3.43. The molecule has 0 heterocycles. The summed E-state index contributed by atoms with van der Waals surface area (Å²) in [6.07, 6.45) is 1.34. The van der Waals surface area contributed by atoms with Crippen molar-refractivity contribution >= 4 is 34.8 Å². The van der Waals surface area contributed by atoms with E-state index >= 15 is 0 Å². The summed E-state index contributed by atoms with van der Waals surface area (Å²) < 4.78 is 5.07. The van der Waals surface area contributed by atoms with Crippen molar-refractivity contribution in [3.63, 3.8) is 0 Å². The largest absolute Gasteiger partial charge is 0.495 e. The number of hydrogen-bond acceptors (Lipinski definition) is 3. The van der Waals surface area contributed by atoms with E-state index in [4.69, 9.17) is 16.3 Å². The number of benzene rings is 2. The number of nitrogens with one attached hydrogen (secondary N) is 2. The van der Waals surface area contributed by atoms with Crippen molar-refractivity contribution < 1.29 is 14.3 Å². The minimum atomic E-state index is -0.407. The van der Waals surface area contributed by atoms with Gasteiger partial charge in [-0.3, -0.25) is 9.59 Å². The van der Waals surface area contributed by atoms with Crippen LogP contribution in [-0.2, 0) is 22.4 Å². The topological polar surface area (TPSA) is 67.4 Å². The predicted octanol–water partition coefficient (Wildman–Crippen LogP) is 4.44. The Kier molecular flexibility index (Phi) is 7.04. The van der Waals surface area contributed by atoms with Gasteiger partial charge < -0.3 is 15.4 Å². The molecule has 6 heteroatoms. The second-order valence-corrected chi connectivity index (χ2v) is 6.19. The molecule has 0 unspecified atom stereocenters. The van der Waals surface area contributed by atoms with E-state index in [1.165, 1.54) is 7.11 Å². The lowest BCUT2D eigenvalue weighted by Gasteiger charge is -2.14. The lowest BCUT2D eigenvalue weighted by atomic mass is 10.0. The number of anilines is 2. The van der Waals surface area contributed by atoms with Crippen LogP contribution in [0.15, 0.2) is 36.4 Å². The molecule has 2 N–H and O–H groups in total. The van der Waals surface area contributed by atoms with Gasteiger partial charge in [0.05, 0.1) is 12.1 Å². The van der Waals surface area contributed by atoms with Crippen molar-refractivity contribution in [3.8, 4) is 5.75 Å². The first-order chi connectivity index (χ1) is 12.5. The van der Waals surface area contributed by atoms with E-state index in [0.29, 0.717) is 16.5 Å². The van der Waals surface area contributed by atoms with Gasteiger partial charge in [-0.25, -0.2) is 0 Å². The fourth-order valence-corrected chi connectivity index (χ4v) is 2.94. The van der Waals surface area contributed by atoms with E-state index in [0.717, 1.165) is 29.7 Å². The first kappa shape index (κ1) is 19.8. The number of halogens is 1. The van der Waals surface area contributed by atoms with Crippen LogP contribution in [0.3, 0.4) is 0 Å². The Morgan fingerprint density at radius 3 is 2.15 bits per heavy atom. The minimum Gasteiger partial charge on any atom is -0.495 e. The van der Waals surface area contributed by atoms with Crippen molar-refractivity contribution in [3.05, 3.63) is 52.5 Å². The number of carbonyl (C=O) groups excluding carboxylic acids is 2. The number of methoxy groups -OCH3 is 1. The fourth-order valence-electron chi connectivity index (χ4n) is 2.68. The number of para-hydroxylation sites is 1. The van der Waals surface area contributed by atoms with E-state index in [1.54, 1.807) is 18.2 Å². The molecule has 26 heavy (non-hydrogen) atoms. The Labute approximate surface area is 158 Å². The van der Waals surface area contributed by atoms with E-state index < -0.39 is 5.91 Å². The number of hydrogen-bond donors (Lipinski definition) is 2. The van der Waals surface area contributed by atoms with Gasteiger partial charge in [-0.15, -0.1) is 0 Å². The van der Waals surface area contributed by atoms with Crippen molar-refractivity contribution in [2.45, 2.75) is 33.1 Å². The van der Waals surface area contributed by atoms with E-state index in [9.17, 15) is 9.59 Å². The maximum absolute atomic E-state index is 12.3. The normalized spacial score (nSPS) is 10.3. The number of amides is 2. The average Bonchev–Trinajstić information content (AvgIpc) is 2.61. The summed E-state index contributed by atoms with van der Waals surface area (Å²) >= 11 is 6.04. The molecule has 0 spiro atoms. The van der Waals surface area contributed by atoms with Crippen LogP contribution in [0.4, 0.5) is 11.4 Å². The molecule has 138 valence electrons. The molecule has 0 saturated carbocycles. The second kappa shape index (κ2) is 9.25. The highest BCUT2D eigenvalue weighted by atomic mass is 35.5. The summed E-state index contributed by atoms with van der Waals surface area (Å²) in [7, 11) is 1.52.